The Hall–Kier alpha value is -2.43. The van der Waals surface area contributed by atoms with Crippen LogP contribution < -0.4 is 11.1 Å². The van der Waals surface area contributed by atoms with Gasteiger partial charge in [-0.25, -0.2) is 4.39 Å². The van der Waals surface area contributed by atoms with Gasteiger partial charge in [0.15, 0.2) is 5.69 Å². The lowest BCUT2D eigenvalue weighted by Gasteiger charge is -2.26. The second kappa shape index (κ2) is 8.73. The first-order valence-corrected chi connectivity index (χ1v) is 11.2. The van der Waals surface area contributed by atoms with Crippen LogP contribution in [-0.2, 0) is 20.9 Å². The molecule has 12 heteroatoms. The zero-order valence-corrected chi connectivity index (χ0v) is 19.6. The highest BCUT2D eigenvalue weighted by Gasteiger charge is 2.53. The van der Waals surface area contributed by atoms with Gasteiger partial charge >= 0.3 is 0 Å². The molecular formula is C21H24Cl2FN5O4. The molecular weight excluding hydrogens is 476 g/mol. The molecule has 3 amide bonds. The molecule has 1 aliphatic carbocycles. The van der Waals surface area contributed by atoms with Crippen molar-refractivity contribution in [2.75, 3.05) is 20.2 Å². The standard InChI is InChI=1S/C21H24Cl2FN5O4/c1-10-3-4-12-14(5-10)29(27-16(12)19(25)31)9-15(30)28-8-13(24)18(33-2)17(28)20(32)26-7-11-6-21(11,22)23/h3-5,11,13,17-18H,6-9H2,1-2H3,(H2,25,31)(H,26,32)/t11-,13+,17+,18-/m1/s1. The van der Waals surface area contributed by atoms with Gasteiger partial charge in [0.2, 0.25) is 11.8 Å². The van der Waals surface area contributed by atoms with Crippen molar-refractivity contribution < 1.29 is 23.5 Å². The molecule has 33 heavy (non-hydrogen) atoms. The molecule has 0 unspecified atom stereocenters. The number of aryl methyl sites for hydroxylation is 1. The molecule has 1 aromatic carbocycles. The van der Waals surface area contributed by atoms with Crippen LogP contribution in [0.2, 0.25) is 0 Å². The number of fused-ring (bicyclic) bond motifs is 1. The van der Waals surface area contributed by atoms with Crippen LogP contribution in [-0.4, -0.2) is 75.3 Å². The normalized spacial score (nSPS) is 25.9. The average molecular weight is 500 g/mol. The molecule has 4 atom stereocenters. The van der Waals surface area contributed by atoms with Gasteiger partial charge in [0.05, 0.1) is 12.1 Å². The molecule has 0 bridgehead atoms. The maximum absolute atomic E-state index is 14.7. The molecule has 1 saturated carbocycles. The number of methoxy groups -OCH3 is 1. The highest BCUT2D eigenvalue weighted by atomic mass is 35.5. The van der Waals surface area contributed by atoms with Crippen molar-refractivity contribution in [2.45, 2.75) is 42.5 Å². The SMILES string of the molecule is CO[C@H]1[C@@H](C(=O)NC[C@H]2CC2(Cl)Cl)N(C(=O)Cn2nc(C(N)=O)c3ccc(C)cc32)C[C@@H]1F. The highest BCUT2D eigenvalue weighted by Crippen LogP contribution is 2.52. The van der Waals surface area contributed by atoms with Crippen LogP contribution in [0.1, 0.15) is 22.5 Å². The smallest absolute Gasteiger partial charge is 0.269 e. The van der Waals surface area contributed by atoms with Gasteiger partial charge in [0.1, 0.15) is 29.2 Å². The topological polar surface area (TPSA) is 120 Å². The summed E-state index contributed by atoms with van der Waals surface area (Å²) in [6.45, 7) is 1.45. The maximum Gasteiger partial charge on any atom is 0.269 e. The van der Waals surface area contributed by atoms with Gasteiger partial charge in [-0.15, -0.1) is 23.2 Å². The molecule has 178 valence electrons. The fourth-order valence-corrected chi connectivity index (χ4v) is 4.76. The van der Waals surface area contributed by atoms with E-state index >= 15 is 0 Å². The van der Waals surface area contributed by atoms with E-state index in [1.165, 1.54) is 11.8 Å². The van der Waals surface area contributed by atoms with Crippen LogP contribution >= 0.6 is 23.2 Å². The van der Waals surface area contributed by atoms with Gasteiger partial charge in [-0.2, -0.15) is 5.10 Å². The fraction of sp³-hybridized carbons (Fsp3) is 0.524. The zero-order valence-electron chi connectivity index (χ0n) is 18.1. The number of hydrogen-bond donors (Lipinski definition) is 2. The molecule has 3 N–H and O–H groups in total. The molecule has 1 aromatic heterocycles. The van der Waals surface area contributed by atoms with E-state index in [-0.39, 0.29) is 31.2 Å². The van der Waals surface area contributed by atoms with Crippen molar-refractivity contribution in [3.63, 3.8) is 0 Å². The van der Waals surface area contributed by atoms with Crippen LogP contribution in [0.25, 0.3) is 10.9 Å². The van der Waals surface area contributed by atoms with E-state index in [1.807, 2.05) is 6.92 Å². The lowest BCUT2D eigenvalue weighted by atomic mass is 10.1. The molecule has 0 radical (unpaired) electrons. The number of amides is 3. The van der Waals surface area contributed by atoms with Crippen molar-refractivity contribution in [3.05, 3.63) is 29.5 Å². The van der Waals surface area contributed by atoms with Crippen molar-refractivity contribution in [2.24, 2.45) is 11.7 Å². The summed E-state index contributed by atoms with van der Waals surface area (Å²) in [7, 11) is 1.29. The first-order valence-electron chi connectivity index (χ1n) is 10.4. The van der Waals surface area contributed by atoms with E-state index in [0.717, 1.165) is 10.5 Å². The van der Waals surface area contributed by atoms with E-state index in [0.29, 0.717) is 17.3 Å². The maximum atomic E-state index is 14.7. The number of likely N-dealkylation sites (tertiary alicyclic amines) is 1. The molecule has 0 spiro atoms. The largest absolute Gasteiger partial charge is 0.376 e. The number of halogens is 3. The summed E-state index contributed by atoms with van der Waals surface area (Å²) in [4.78, 5) is 39.1. The number of nitrogens with zero attached hydrogens (tertiary/aromatic N) is 3. The summed E-state index contributed by atoms with van der Waals surface area (Å²) in [6, 6.07) is 4.10. The zero-order chi connectivity index (χ0) is 24.1. The van der Waals surface area contributed by atoms with E-state index < -0.39 is 40.4 Å². The van der Waals surface area contributed by atoms with Crippen molar-refractivity contribution in [1.29, 1.82) is 0 Å². The van der Waals surface area contributed by atoms with E-state index in [9.17, 15) is 18.8 Å². The molecule has 9 nitrogen and oxygen atoms in total. The number of nitrogens with two attached hydrogens (primary N) is 1. The van der Waals surface area contributed by atoms with Gasteiger partial charge in [-0.1, -0.05) is 12.1 Å². The van der Waals surface area contributed by atoms with Gasteiger partial charge in [-0.3, -0.25) is 19.1 Å². The summed E-state index contributed by atoms with van der Waals surface area (Å²) in [5.41, 5.74) is 6.89. The lowest BCUT2D eigenvalue weighted by molar-refractivity contribution is -0.141. The summed E-state index contributed by atoms with van der Waals surface area (Å²) in [5.74, 6) is -1.94. The third kappa shape index (κ3) is 4.51. The van der Waals surface area contributed by atoms with Crippen LogP contribution in [0.5, 0.6) is 0 Å². The van der Waals surface area contributed by atoms with E-state index in [2.05, 4.69) is 10.4 Å². The molecule has 2 aliphatic rings. The number of nitrogens with one attached hydrogen (secondary N) is 1. The number of alkyl halides is 3. The van der Waals surface area contributed by atoms with Crippen molar-refractivity contribution in [1.82, 2.24) is 20.0 Å². The number of carbonyl (C=O) groups excluding carboxylic acids is 3. The first-order chi connectivity index (χ1) is 15.5. The van der Waals surface area contributed by atoms with E-state index in [4.69, 9.17) is 33.7 Å². The average Bonchev–Trinajstić information content (AvgIpc) is 3.06. The van der Waals surface area contributed by atoms with Crippen LogP contribution in [0.4, 0.5) is 4.39 Å². The van der Waals surface area contributed by atoms with Gasteiger partial charge in [-0.05, 0) is 25.0 Å². The summed E-state index contributed by atoms with van der Waals surface area (Å²) in [5, 5.41) is 7.40. The van der Waals surface area contributed by atoms with Crippen molar-refractivity contribution in [3.8, 4) is 0 Å². The predicted octanol–water partition coefficient (Wildman–Crippen LogP) is 1.32. The second-order valence-corrected chi connectivity index (χ2v) is 10.0. The number of aromatic nitrogens is 2. The second-order valence-electron chi connectivity index (χ2n) is 8.51. The Morgan fingerprint density at radius 1 is 1.36 bits per heavy atom. The number of carbonyl (C=O) groups is 3. The molecule has 2 heterocycles. The van der Waals surface area contributed by atoms with Crippen LogP contribution in [0.15, 0.2) is 18.2 Å². The fourth-order valence-electron chi connectivity index (χ4n) is 4.23. The quantitative estimate of drug-likeness (QED) is 0.556. The predicted molar refractivity (Wildman–Crippen MR) is 120 cm³/mol. The highest BCUT2D eigenvalue weighted by molar-refractivity contribution is 6.50. The summed E-state index contributed by atoms with van der Waals surface area (Å²) < 4.78 is 20.3. The number of benzene rings is 1. The van der Waals surface area contributed by atoms with Gasteiger partial charge in [0.25, 0.3) is 5.91 Å². The van der Waals surface area contributed by atoms with Crippen LogP contribution in [0, 0.1) is 12.8 Å². The Balaban J connectivity index is 1.56. The lowest BCUT2D eigenvalue weighted by Crippen LogP contribution is -2.52. The Morgan fingerprint density at radius 2 is 2.06 bits per heavy atom. The molecule has 2 aromatic rings. The first kappa shape index (κ1) is 23.7. The molecule has 2 fully saturated rings. The Morgan fingerprint density at radius 3 is 2.67 bits per heavy atom. The number of primary amides is 1. The minimum atomic E-state index is -1.55. The molecule has 1 aliphatic heterocycles. The number of hydrogen-bond acceptors (Lipinski definition) is 5. The Kier molecular flexibility index (Phi) is 6.28. The number of rotatable bonds is 7. The minimum Gasteiger partial charge on any atom is -0.376 e. The molecule has 4 rings (SSSR count). The van der Waals surface area contributed by atoms with Crippen LogP contribution in [0.3, 0.4) is 0 Å². The van der Waals surface area contributed by atoms with Gasteiger partial charge in [0, 0.05) is 25.0 Å². The Bertz CT molecular complexity index is 1120. The Labute approximate surface area is 199 Å². The number of ether oxygens (including phenoxy) is 1. The van der Waals surface area contributed by atoms with E-state index in [1.54, 1.807) is 18.2 Å². The summed E-state index contributed by atoms with van der Waals surface area (Å²) >= 11 is 12.0. The monoisotopic (exact) mass is 499 g/mol. The summed E-state index contributed by atoms with van der Waals surface area (Å²) in [6.07, 6.45) is -2.13. The molecule has 1 saturated heterocycles. The third-order valence-electron chi connectivity index (χ3n) is 6.14. The minimum absolute atomic E-state index is 0.0294. The van der Waals surface area contributed by atoms with Crippen molar-refractivity contribution >= 4 is 51.8 Å². The third-order valence-corrected chi connectivity index (χ3v) is 7.07. The van der Waals surface area contributed by atoms with Gasteiger partial charge < -0.3 is 20.7 Å².